The summed E-state index contributed by atoms with van der Waals surface area (Å²) in [6.45, 7) is 9.01. The van der Waals surface area contributed by atoms with Crippen molar-refractivity contribution in [2.24, 2.45) is 4.99 Å². The molecule has 6 heteroatoms. The second-order valence-electron chi connectivity index (χ2n) is 5.70. The molecule has 130 valence electrons. The maximum absolute atomic E-state index is 4.58. The standard InChI is InChI=1S/C17H18N6.C2H6/c1-3-22-11-13(9-20-22)15-10-19-17-14(5-4-6-23(15)17)21-16-7-12(2)8-18-16;1-2/h4-6,8-11H,3,7H2,1-2H3,(H,18,21);1-2H3. The van der Waals surface area contributed by atoms with Crippen LogP contribution in [0.4, 0.5) is 5.69 Å². The summed E-state index contributed by atoms with van der Waals surface area (Å²) in [4.78, 5) is 8.97. The zero-order valence-electron chi connectivity index (χ0n) is 15.2. The average molecular weight is 336 g/mol. The number of aliphatic imine (C=N–C) groups is 1. The van der Waals surface area contributed by atoms with E-state index in [1.54, 1.807) is 0 Å². The quantitative estimate of drug-likeness (QED) is 0.773. The molecule has 0 saturated heterocycles. The van der Waals surface area contributed by atoms with E-state index in [4.69, 9.17) is 0 Å². The van der Waals surface area contributed by atoms with Crippen molar-refractivity contribution in [2.75, 3.05) is 5.32 Å². The number of hydrogen-bond donors (Lipinski definition) is 1. The van der Waals surface area contributed by atoms with Gasteiger partial charge in [-0.15, -0.1) is 0 Å². The van der Waals surface area contributed by atoms with Crippen molar-refractivity contribution in [3.05, 3.63) is 48.7 Å². The summed E-state index contributed by atoms with van der Waals surface area (Å²) in [7, 11) is 0. The third-order valence-electron chi connectivity index (χ3n) is 3.95. The molecular weight excluding hydrogens is 312 g/mol. The van der Waals surface area contributed by atoms with Crippen LogP contribution in [0.1, 0.15) is 34.1 Å². The first-order chi connectivity index (χ1) is 12.2. The Hall–Kier alpha value is -2.89. The number of aryl methyl sites for hydroxylation is 1. The van der Waals surface area contributed by atoms with E-state index in [2.05, 4.69) is 38.6 Å². The van der Waals surface area contributed by atoms with E-state index >= 15 is 0 Å². The highest BCUT2D eigenvalue weighted by Crippen LogP contribution is 2.25. The first kappa shape index (κ1) is 17.0. The number of amidine groups is 1. The Kier molecular flexibility index (Phi) is 4.97. The fourth-order valence-electron chi connectivity index (χ4n) is 2.77. The number of rotatable bonds is 3. The highest BCUT2D eigenvalue weighted by Gasteiger charge is 2.13. The predicted molar refractivity (Wildman–Crippen MR) is 103 cm³/mol. The first-order valence-corrected chi connectivity index (χ1v) is 8.73. The Bertz CT molecular complexity index is 928. The highest BCUT2D eigenvalue weighted by atomic mass is 15.3. The Morgan fingerprint density at radius 2 is 2.08 bits per heavy atom. The Morgan fingerprint density at radius 3 is 2.76 bits per heavy atom. The van der Waals surface area contributed by atoms with Gasteiger partial charge in [-0.1, -0.05) is 13.8 Å². The lowest BCUT2D eigenvalue weighted by Gasteiger charge is -2.08. The number of nitrogens with zero attached hydrogens (tertiary/aromatic N) is 5. The zero-order valence-corrected chi connectivity index (χ0v) is 15.2. The van der Waals surface area contributed by atoms with Gasteiger partial charge in [0.25, 0.3) is 0 Å². The molecule has 0 fully saturated rings. The summed E-state index contributed by atoms with van der Waals surface area (Å²) in [5.41, 5.74) is 5.20. The summed E-state index contributed by atoms with van der Waals surface area (Å²) in [5.74, 6) is 0.957. The van der Waals surface area contributed by atoms with Gasteiger partial charge >= 0.3 is 0 Å². The molecule has 1 aliphatic heterocycles. The third-order valence-corrected chi connectivity index (χ3v) is 3.95. The van der Waals surface area contributed by atoms with Crippen molar-refractivity contribution in [1.82, 2.24) is 19.2 Å². The van der Waals surface area contributed by atoms with E-state index in [0.717, 1.165) is 41.4 Å². The molecule has 0 spiro atoms. The van der Waals surface area contributed by atoms with Gasteiger partial charge in [0.15, 0.2) is 5.65 Å². The van der Waals surface area contributed by atoms with Crippen LogP contribution in [0.25, 0.3) is 16.9 Å². The van der Waals surface area contributed by atoms with Crippen molar-refractivity contribution in [3.8, 4) is 11.3 Å². The van der Waals surface area contributed by atoms with Gasteiger partial charge in [0.1, 0.15) is 5.84 Å². The topological polar surface area (TPSA) is 59.5 Å². The molecule has 4 rings (SSSR count). The number of aromatic nitrogens is 4. The number of hydrogen-bond acceptors (Lipinski definition) is 4. The maximum atomic E-state index is 4.58. The van der Waals surface area contributed by atoms with Crippen LogP contribution < -0.4 is 5.32 Å². The molecule has 3 aromatic rings. The molecule has 25 heavy (non-hydrogen) atoms. The van der Waals surface area contributed by atoms with Crippen LogP contribution in [0.3, 0.4) is 0 Å². The van der Waals surface area contributed by atoms with Crippen LogP contribution in [0.2, 0.25) is 0 Å². The zero-order chi connectivity index (χ0) is 17.8. The Balaban J connectivity index is 0.000000880. The van der Waals surface area contributed by atoms with Gasteiger partial charge < -0.3 is 5.32 Å². The fourth-order valence-corrected chi connectivity index (χ4v) is 2.77. The third kappa shape index (κ3) is 3.33. The molecule has 4 heterocycles. The molecule has 0 bridgehead atoms. The summed E-state index contributed by atoms with van der Waals surface area (Å²) in [6, 6.07) is 4.04. The smallest absolute Gasteiger partial charge is 0.161 e. The minimum absolute atomic E-state index is 0.857. The molecule has 0 aromatic carbocycles. The van der Waals surface area contributed by atoms with Crippen molar-refractivity contribution in [2.45, 2.75) is 40.7 Å². The first-order valence-electron chi connectivity index (χ1n) is 8.73. The van der Waals surface area contributed by atoms with E-state index in [0.29, 0.717) is 0 Å². The second kappa shape index (κ2) is 7.34. The van der Waals surface area contributed by atoms with Crippen LogP contribution >= 0.6 is 0 Å². The van der Waals surface area contributed by atoms with Gasteiger partial charge in [0.2, 0.25) is 0 Å². The number of pyridine rings is 1. The Morgan fingerprint density at radius 1 is 1.24 bits per heavy atom. The SMILES string of the molecule is CC.CCn1cc(-c2cnc3c(NC4=NC=C(C)C4)cccn23)cn1. The molecule has 3 aromatic heterocycles. The fraction of sp³-hybridized carbons (Fsp3) is 0.316. The van der Waals surface area contributed by atoms with Crippen LogP contribution in [-0.2, 0) is 6.54 Å². The number of imidazole rings is 1. The van der Waals surface area contributed by atoms with E-state index in [1.807, 2.05) is 61.6 Å². The Labute approximate surface area is 147 Å². The average Bonchev–Trinajstić information content (AvgIpc) is 3.36. The molecule has 0 saturated carbocycles. The lowest BCUT2D eigenvalue weighted by atomic mass is 10.2. The number of fused-ring (bicyclic) bond motifs is 1. The van der Waals surface area contributed by atoms with E-state index in [-0.39, 0.29) is 0 Å². The molecule has 0 aliphatic carbocycles. The van der Waals surface area contributed by atoms with Crippen LogP contribution in [0, 0.1) is 0 Å². The van der Waals surface area contributed by atoms with Gasteiger partial charge in [0.05, 0.1) is 23.8 Å². The minimum Gasteiger partial charge on any atom is -0.340 e. The lowest BCUT2D eigenvalue weighted by Crippen LogP contribution is -2.10. The molecule has 0 atom stereocenters. The normalized spacial score (nSPS) is 13.3. The second-order valence-corrected chi connectivity index (χ2v) is 5.70. The van der Waals surface area contributed by atoms with E-state index < -0.39 is 0 Å². The van der Waals surface area contributed by atoms with Gasteiger partial charge in [-0.2, -0.15) is 5.10 Å². The summed E-state index contributed by atoms with van der Waals surface area (Å²) < 4.78 is 3.99. The van der Waals surface area contributed by atoms with Crippen molar-refractivity contribution in [1.29, 1.82) is 0 Å². The molecule has 1 N–H and O–H groups in total. The van der Waals surface area contributed by atoms with Gasteiger partial charge in [-0.3, -0.25) is 9.08 Å². The van der Waals surface area contributed by atoms with Crippen LogP contribution in [-0.4, -0.2) is 25.0 Å². The number of anilines is 1. The maximum Gasteiger partial charge on any atom is 0.161 e. The van der Waals surface area contributed by atoms with Gasteiger partial charge in [-0.25, -0.2) is 9.98 Å². The van der Waals surface area contributed by atoms with Crippen LogP contribution in [0.15, 0.2) is 53.7 Å². The van der Waals surface area contributed by atoms with Crippen molar-refractivity contribution >= 4 is 17.2 Å². The van der Waals surface area contributed by atoms with Crippen molar-refractivity contribution < 1.29 is 0 Å². The lowest BCUT2D eigenvalue weighted by molar-refractivity contribution is 0.660. The molecule has 6 nitrogen and oxygen atoms in total. The highest BCUT2D eigenvalue weighted by molar-refractivity contribution is 6.01. The number of nitrogens with one attached hydrogen (secondary N) is 1. The minimum atomic E-state index is 0.857. The van der Waals surface area contributed by atoms with Crippen LogP contribution in [0.5, 0.6) is 0 Å². The molecule has 0 amide bonds. The van der Waals surface area contributed by atoms with E-state index in [1.165, 1.54) is 5.57 Å². The molecule has 1 aliphatic rings. The largest absolute Gasteiger partial charge is 0.340 e. The van der Waals surface area contributed by atoms with Crippen molar-refractivity contribution in [3.63, 3.8) is 0 Å². The van der Waals surface area contributed by atoms with Gasteiger partial charge in [-0.05, 0) is 31.6 Å². The summed E-state index contributed by atoms with van der Waals surface area (Å²) in [5, 5.41) is 7.73. The molecule has 0 unspecified atom stereocenters. The predicted octanol–water partition coefficient (Wildman–Crippen LogP) is 4.36. The monoisotopic (exact) mass is 336 g/mol. The van der Waals surface area contributed by atoms with Gasteiger partial charge in [0, 0.05) is 37.1 Å². The summed E-state index contributed by atoms with van der Waals surface area (Å²) >= 11 is 0. The molecule has 0 radical (unpaired) electrons. The van der Waals surface area contributed by atoms with E-state index in [9.17, 15) is 0 Å². The summed E-state index contributed by atoms with van der Waals surface area (Å²) in [6.07, 6.45) is 10.6. The molecular formula is C19H24N6.